The molecule has 2 aromatic heterocycles. The summed E-state index contributed by atoms with van der Waals surface area (Å²) in [5.41, 5.74) is 0.467. The van der Waals surface area contributed by atoms with Crippen molar-refractivity contribution >= 4 is 23.1 Å². The van der Waals surface area contributed by atoms with Gasteiger partial charge in [0.1, 0.15) is 22.8 Å². The second kappa shape index (κ2) is 10.4. The van der Waals surface area contributed by atoms with Crippen LogP contribution >= 0.6 is 0 Å². The van der Waals surface area contributed by atoms with Gasteiger partial charge < -0.3 is 19.5 Å². The van der Waals surface area contributed by atoms with E-state index in [-0.39, 0.29) is 5.82 Å². The van der Waals surface area contributed by atoms with Crippen LogP contribution in [0.1, 0.15) is 59.8 Å². The summed E-state index contributed by atoms with van der Waals surface area (Å²) >= 11 is 0. The van der Waals surface area contributed by atoms with Crippen LogP contribution in [0.25, 0.3) is 22.2 Å². The van der Waals surface area contributed by atoms with Crippen molar-refractivity contribution in [3.8, 4) is 17.0 Å². The van der Waals surface area contributed by atoms with Gasteiger partial charge in [-0.15, -0.1) is 6.58 Å². The first-order valence-corrected chi connectivity index (χ1v) is 11.7. The van der Waals surface area contributed by atoms with Crippen molar-refractivity contribution in [1.29, 1.82) is 0 Å². The largest absolute Gasteiger partial charge is 0.496 e. The molecule has 192 valence electrons. The summed E-state index contributed by atoms with van der Waals surface area (Å²) in [6.07, 6.45) is 3.96. The molecule has 1 aromatic carbocycles. The molecular weight excluding hydrogens is 460 g/mol. The molecule has 0 unspecified atom stereocenters. The summed E-state index contributed by atoms with van der Waals surface area (Å²) in [5, 5.41) is 3.69. The summed E-state index contributed by atoms with van der Waals surface area (Å²) in [4.78, 5) is 34.9. The zero-order valence-corrected chi connectivity index (χ0v) is 21.9. The quantitative estimate of drug-likeness (QED) is 0.417. The topological polar surface area (TPSA) is 105 Å². The number of nitrogens with one attached hydrogen (secondary N) is 1. The van der Waals surface area contributed by atoms with E-state index in [9.17, 15) is 9.59 Å². The number of ether oxygens (including phenoxy) is 3. The van der Waals surface area contributed by atoms with Crippen LogP contribution in [0.3, 0.4) is 0 Å². The van der Waals surface area contributed by atoms with E-state index in [1.165, 1.54) is 4.57 Å². The number of hydrogen-bond acceptors (Lipinski definition) is 7. The van der Waals surface area contributed by atoms with Gasteiger partial charge in [0, 0.05) is 29.4 Å². The molecule has 3 rings (SSSR count). The number of imidazole rings is 1. The first kappa shape index (κ1) is 26.7. The first-order chi connectivity index (χ1) is 16.8. The van der Waals surface area contributed by atoms with Crippen molar-refractivity contribution in [2.24, 2.45) is 0 Å². The van der Waals surface area contributed by atoms with Gasteiger partial charge in [0.2, 0.25) is 0 Å². The summed E-state index contributed by atoms with van der Waals surface area (Å²) in [7, 11) is 1.56. The normalized spacial score (nSPS) is 12.6. The zero-order valence-electron chi connectivity index (χ0n) is 21.9. The Kier molecular flexibility index (Phi) is 7.71. The number of nitrogens with zero attached hydrogens (tertiary/aromatic N) is 3. The van der Waals surface area contributed by atoms with Crippen LogP contribution < -0.4 is 10.1 Å². The lowest BCUT2D eigenvalue weighted by molar-refractivity contribution is 0.0473. The smallest absolute Gasteiger partial charge is 0.420 e. The van der Waals surface area contributed by atoms with Gasteiger partial charge in [-0.3, -0.25) is 4.98 Å². The number of benzene rings is 1. The second-order valence-electron chi connectivity index (χ2n) is 10.3. The van der Waals surface area contributed by atoms with Gasteiger partial charge >= 0.3 is 12.2 Å². The van der Waals surface area contributed by atoms with E-state index in [1.807, 2.05) is 24.3 Å². The lowest BCUT2D eigenvalue weighted by Gasteiger charge is -2.24. The van der Waals surface area contributed by atoms with Crippen LogP contribution in [0.2, 0.25) is 0 Å². The lowest BCUT2D eigenvalue weighted by Crippen LogP contribution is -2.37. The van der Waals surface area contributed by atoms with E-state index in [2.05, 4.69) is 16.9 Å². The molecule has 2 heterocycles. The van der Waals surface area contributed by atoms with Gasteiger partial charge in [-0.1, -0.05) is 12.1 Å². The molecule has 9 nitrogen and oxygen atoms in total. The van der Waals surface area contributed by atoms with Crippen LogP contribution in [0, 0.1) is 0 Å². The molecule has 0 bridgehead atoms. The Labute approximate surface area is 211 Å². The Morgan fingerprint density at radius 3 is 2.44 bits per heavy atom. The Hall–Kier alpha value is -3.88. The number of carbonyl (C=O) groups is 2. The molecule has 0 aliphatic heterocycles. The third kappa shape index (κ3) is 6.62. The monoisotopic (exact) mass is 494 g/mol. The average Bonchev–Trinajstić information content (AvgIpc) is 3.21. The maximum atomic E-state index is 13.2. The van der Waals surface area contributed by atoms with E-state index in [4.69, 9.17) is 19.2 Å². The van der Waals surface area contributed by atoms with Crippen LogP contribution in [0.5, 0.6) is 5.75 Å². The van der Waals surface area contributed by atoms with Crippen molar-refractivity contribution < 1.29 is 23.8 Å². The third-order valence-electron chi connectivity index (χ3n) is 4.93. The molecule has 0 aliphatic carbocycles. The maximum Gasteiger partial charge on any atom is 0.420 e. The Bertz CT molecular complexity index is 1270. The minimum absolute atomic E-state index is 0.276. The molecule has 1 N–H and O–H groups in total. The van der Waals surface area contributed by atoms with Crippen molar-refractivity contribution in [3.05, 3.63) is 55.1 Å². The molecule has 36 heavy (non-hydrogen) atoms. The molecule has 0 radical (unpaired) electrons. The number of fused-ring (bicyclic) bond motifs is 1. The van der Waals surface area contributed by atoms with E-state index >= 15 is 0 Å². The van der Waals surface area contributed by atoms with E-state index < -0.39 is 29.4 Å². The van der Waals surface area contributed by atoms with Gasteiger partial charge in [-0.05, 0) is 60.1 Å². The highest BCUT2D eigenvalue weighted by molar-refractivity contribution is 5.88. The lowest BCUT2D eigenvalue weighted by atomic mass is 10.1. The predicted octanol–water partition coefficient (Wildman–Crippen LogP) is 6.03. The fourth-order valence-electron chi connectivity index (χ4n) is 3.54. The summed E-state index contributed by atoms with van der Waals surface area (Å²) in [6.45, 7) is 14.5. The van der Waals surface area contributed by atoms with Gasteiger partial charge in [0.15, 0.2) is 0 Å². The zero-order chi connectivity index (χ0) is 26.7. The summed E-state index contributed by atoms with van der Waals surface area (Å²) in [5.74, 6) is 0.820. The Morgan fingerprint density at radius 1 is 1.14 bits per heavy atom. The molecular formula is C27H34N4O5. The highest BCUT2D eigenvalue weighted by Gasteiger charge is 2.29. The molecule has 0 saturated heterocycles. The fraction of sp³-hybridized carbons (Fsp3) is 0.407. The van der Waals surface area contributed by atoms with Crippen molar-refractivity contribution in [2.45, 2.75) is 65.2 Å². The minimum Gasteiger partial charge on any atom is -0.496 e. The Morgan fingerprint density at radius 2 is 1.83 bits per heavy atom. The number of hydrogen-bond donors (Lipinski definition) is 1. The van der Waals surface area contributed by atoms with Gasteiger partial charge in [-0.2, -0.15) is 0 Å². The highest BCUT2D eigenvalue weighted by Crippen LogP contribution is 2.34. The van der Waals surface area contributed by atoms with Crippen LogP contribution in [0.15, 0.2) is 49.3 Å². The molecule has 0 fully saturated rings. The molecule has 0 aliphatic rings. The number of aromatic nitrogens is 3. The number of methoxy groups -OCH3 is 1. The van der Waals surface area contributed by atoms with Crippen molar-refractivity contribution in [1.82, 2.24) is 19.9 Å². The highest BCUT2D eigenvalue weighted by atomic mass is 16.6. The standard InChI is InChI=1S/C27H34N4O5/c1-9-11-19(30-24(32)35-26(2,3)4)23-29-21(16-31(23)25(33)36-27(5,6)7)18-14-17-12-10-13-28-20(17)15-22(18)34-8/h9-10,12-16,19H,1,11H2,2-8H3,(H,30,32)/t19-/m0/s1. The number of alkyl carbamates (subject to hydrolysis) is 1. The van der Waals surface area contributed by atoms with Crippen LogP contribution in [-0.4, -0.2) is 45.0 Å². The van der Waals surface area contributed by atoms with E-state index in [0.29, 0.717) is 23.4 Å². The van der Waals surface area contributed by atoms with Crippen molar-refractivity contribution in [2.75, 3.05) is 7.11 Å². The molecule has 3 aromatic rings. The number of carbonyl (C=O) groups excluding carboxylic acids is 2. The van der Waals surface area contributed by atoms with Crippen LogP contribution in [-0.2, 0) is 9.47 Å². The summed E-state index contributed by atoms with van der Waals surface area (Å²) < 4.78 is 18.0. The number of pyridine rings is 1. The molecule has 1 atom stereocenters. The molecule has 1 amide bonds. The van der Waals surface area contributed by atoms with E-state index in [0.717, 1.165) is 10.9 Å². The molecule has 0 spiro atoms. The fourth-order valence-corrected chi connectivity index (χ4v) is 3.54. The Balaban J connectivity index is 2.14. The SMILES string of the molecule is C=CC[C@H](NC(=O)OC(C)(C)C)c1nc(-c2cc3cccnc3cc2OC)cn1C(=O)OC(C)(C)C. The van der Waals surface area contributed by atoms with Crippen LogP contribution in [0.4, 0.5) is 9.59 Å². The third-order valence-corrected chi connectivity index (χ3v) is 4.93. The number of amides is 1. The van der Waals surface area contributed by atoms with Gasteiger partial charge in [0.25, 0.3) is 0 Å². The number of rotatable bonds is 6. The van der Waals surface area contributed by atoms with Gasteiger partial charge in [0.05, 0.1) is 24.4 Å². The second-order valence-corrected chi connectivity index (χ2v) is 10.3. The summed E-state index contributed by atoms with van der Waals surface area (Å²) in [6, 6.07) is 6.79. The molecule has 0 saturated carbocycles. The first-order valence-electron chi connectivity index (χ1n) is 11.7. The molecule has 9 heteroatoms. The minimum atomic E-state index is -0.738. The predicted molar refractivity (Wildman–Crippen MR) is 138 cm³/mol. The van der Waals surface area contributed by atoms with Gasteiger partial charge in [-0.25, -0.2) is 19.1 Å². The average molecular weight is 495 g/mol. The maximum absolute atomic E-state index is 13.2. The van der Waals surface area contributed by atoms with Crippen molar-refractivity contribution in [3.63, 3.8) is 0 Å². The van der Waals surface area contributed by atoms with E-state index in [1.54, 1.807) is 67.1 Å².